The Morgan fingerprint density at radius 3 is 2.58 bits per heavy atom. The second-order valence-corrected chi connectivity index (χ2v) is 8.64. The van der Waals surface area contributed by atoms with Gasteiger partial charge in [0.15, 0.2) is 0 Å². The molecular weight excluding hydrogens is 424 g/mol. The van der Waals surface area contributed by atoms with Gasteiger partial charge in [-0.15, -0.1) is 0 Å². The van der Waals surface area contributed by atoms with Crippen molar-refractivity contribution in [3.05, 3.63) is 59.7 Å². The van der Waals surface area contributed by atoms with E-state index >= 15 is 0 Å². The predicted octanol–water partition coefficient (Wildman–Crippen LogP) is 0.881. The number of hydrogen-bond donors (Lipinski definition) is 3. The number of benzene rings is 2. The summed E-state index contributed by atoms with van der Waals surface area (Å²) in [5, 5.41) is 6.14. The monoisotopic (exact) mass is 448 g/mol. The molecule has 0 unspecified atom stereocenters. The smallest absolute Gasteiger partial charge is 0.250 e. The van der Waals surface area contributed by atoms with Gasteiger partial charge in [-0.2, -0.15) is 0 Å². The number of methoxy groups -OCH3 is 1. The van der Waals surface area contributed by atoms with Crippen molar-refractivity contribution >= 4 is 29.3 Å². The molecule has 4 amide bonds. The highest BCUT2D eigenvalue weighted by atomic mass is 16.5. The highest BCUT2D eigenvalue weighted by Crippen LogP contribution is 2.53. The molecule has 2 aromatic rings. The molecule has 0 aromatic heterocycles. The van der Waals surface area contributed by atoms with E-state index in [1.165, 1.54) is 12.0 Å². The number of carbonyl (C=O) groups is 4. The Labute approximate surface area is 190 Å². The molecule has 0 radical (unpaired) electrons. The molecule has 5 rings (SSSR count). The van der Waals surface area contributed by atoms with Gasteiger partial charge in [-0.3, -0.25) is 29.4 Å². The number of fused-ring (bicyclic) bond motifs is 4. The van der Waals surface area contributed by atoms with Gasteiger partial charge in [0.25, 0.3) is 0 Å². The molecule has 0 aliphatic carbocycles. The quantitative estimate of drug-likeness (QED) is 0.563. The largest absolute Gasteiger partial charge is 0.496 e. The Balaban J connectivity index is 1.57. The van der Waals surface area contributed by atoms with Gasteiger partial charge in [0.1, 0.15) is 11.3 Å². The van der Waals surface area contributed by atoms with E-state index < -0.39 is 35.2 Å². The second-order valence-electron chi connectivity index (χ2n) is 8.64. The molecule has 0 saturated carbocycles. The fraction of sp³-hybridized carbons (Fsp3) is 0.333. The predicted molar refractivity (Wildman–Crippen MR) is 118 cm³/mol. The maximum Gasteiger partial charge on any atom is 0.250 e. The van der Waals surface area contributed by atoms with Gasteiger partial charge in [0.2, 0.25) is 23.6 Å². The number of likely N-dealkylation sites (tertiary alicyclic amines) is 1. The first-order valence-electron chi connectivity index (χ1n) is 10.8. The van der Waals surface area contributed by atoms with E-state index in [1.807, 2.05) is 12.1 Å². The minimum atomic E-state index is -1.38. The Hall–Kier alpha value is -3.72. The summed E-state index contributed by atoms with van der Waals surface area (Å²) in [6.07, 6.45) is 0.281. The maximum atomic E-state index is 13.8. The Bertz CT molecular complexity index is 1180. The zero-order valence-electron chi connectivity index (χ0n) is 18.0. The first-order chi connectivity index (χ1) is 15.9. The standard InChI is InChI=1S/C24H24N4O5/c1-33-17-9-5-2-6-13(17)12-28-21(30)19-16(10-11-18(25)29)27-24(20(19)22(28)31)14-7-3-4-8-15(14)26-23(24)32/h2-9,16,19-20,27H,10-12H2,1H3,(H2,25,29)(H,26,32)/t16-,19-,20+,24-/m0/s1. The van der Waals surface area contributed by atoms with Gasteiger partial charge >= 0.3 is 0 Å². The molecular formula is C24H24N4O5. The van der Waals surface area contributed by atoms with Crippen molar-refractivity contribution in [2.45, 2.75) is 31.0 Å². The van der Waals surface area contributed by atoms with Gasteiger partial charge in [0, 0.05) is 29.3 Å². The minimum absolute atomic E-state index is 0.0359. The number of nitrogens with zero attached hydrogens (tertiary/aromatic N) is 1. The van der Waals surface area contributed by atoms with Crippen LogP contribution >= 0.6 is 0 Å². The number of para-hydroxylation sites is 2. The summed E-state index contributed by atoms with van der Waals surface area (Å²) >= 11 is 0. The first-order valence-corrected chi connectivity index (χ1v) is 10.8. The lowest BCUT2D eigenvalue weighted by atomic mass is 9.76. The van der Waals surface area contributed by atoms with E-state index in [4.69, 9.17) is 10.5 Å². The lowest BCUT2D eigenvalue weighted by Gasteiger charge is -2.29. The van der Waals surface area contributed by atoms with Crippen molar-refractivity contribution in [2.75, 3.05) is 12.4 Å². The summed E-state index contributed by atoms with van der Waals surface area (Å²) in [6, 6.07) is 13.8. The van der Waals surface area contributed by atoms with E-state index in [-0.39, 0.29) is 31.2 Å². The Morgan fingerprint density at radius 2 is 1.82 bits per heavy atom. The fourth-order valence-corrected chi connectivity index (χ4v) is 5.52. The van der Waals surface area contributed by atoms with Crippen molar-refractivity contribution in [1.82, 2.24) is 10.2 Å². The average Bonchev–Trinajstić information content (AvgIpc) is 3.39. The molecule has 9 nitrogen and oxygen atoms in total. The van der Waals surface area contributed by atoms with Crippen LogP contribution in [0.25, 0.3) is 0 Å². The van der Waals surface area contributed by atoms with E-state index in [2.05, 4.69) is 10.6 Å². The van der Waals surface area contributed by atoms with Crippen LogP contribution in [-0.4, -0.2) is 41.7 Å². The summed E-state index contributed by atoms with van der Waals surface area (Å²) in [5.74, 6) is -2.82. The van der Waals surface area contributed by atoms with Crippen LogP contribution in [0.1, 0.15) is 24.0 Å². The molecule has 0 bridgehead atoms. The highest BCUT2D eigenvalue weighted by molar-refractivity contribution is 6.15. The molecule has 2 aromatic carbocycles. The number of hydrogen-bond acceptors (Lipinski definition) is 6. The number of anilines is 1. The summed E-state index contributed by atoms with van der Waals surface area (Å²) in [4.78, 5) is 53.4. The van der Waals surface area contributed by atoms with Crippen LogP contribution in [0, 0.1) is 11.8 Å². The lowest BCUT2D eigenvalue weighted by Crippen LogP contribution is -2.53. The van der Waals surface area contributed by atoms with Crippen molar-refractivity contribution in [3.8, 4) is 5.75 Å². The molecule has 4 atom stereocenters. The van der Waals surface area contributed by atoms with Crippen molar-refractivity contribution in [3.63, 3.8) is 0 Å². The van der Waals surface area contributed by atoms with Gasteiger partial charge < -0.3 is 15.8 Å². The third-order valence-corrected chi connectivity index (χ3v) is 6.94. The molecule has 2 saturated heterocycles. The fourth-order valence-electron chi connectivity index (χ4n) is 5.52. The van der Waals surface area contributed by atoms with Crippen LogP contribution in [-0.2, 0) is 31.3 Å². The zero-order chi connectivity index (χ0) is 23.3. The number of rotatable bonds is 6. The van der Waals surface area contributed by atoms with E-state index in [0.29, 0.717) is 22.6 Å². The molecule has 2 fully saturated rings. The minimum Gasteiger partial charge on any atom is -0.496 e. The van der Waals surface area contributed by atoms with Gasteiger partial charge in [0.05, 0.1) is 25.5 Å². The number of amides is 4. The lowest BCUT2D eigenvalue weighted by molar-refractivity contribution is -0.143. The topological polar surface area (TPSA) is 131 Å². The number of imide groups is 1. The number of nitrogens with one attached hydrogen (secondary N) is 2. The zero-order valence-corrected chi connectivity index (χ0v) is 18.0. The summed E-state index contributed by atoms with van der Waals surface area (Å²) in [5.41, 5.74) is 5.90. The Morgan fingerprint density at radius 1 is 1.09 bits per heavy atom. The molecule has 1 spiro atoms. The second kappa shape index (κ2) is 7.70. The van der Waals surface area contributed by atoms with E-state index in [1.54, 1.807) is 36.4 Å². The first kappa shape index (κ1) is 21.1. The van der Waals surface area contributed by atoms with Crippen molar-refractivity contribution < 1.29 is 23.9 Å². The van der Waals surface area contributed by atoms with Crippen molar-refractivity contribution in [2.24, 2.45) is 17.6 Å². The van der Waals surface area contributed by atoms with Crippen LogP contribution < -0.4 is 21.1 Å². The molecule has 3 aliphatic rings. The van der Waals surface area contributed by atoms with Gasteiger partial charge in [-0.05, 0) is 18.6 Å². The van der Waals surface area contributed by atoms with Crippen LogP contribution in [0.2, 0.25) is 0 Å². The summed E-state index contributed by atoms with van der Waals surface area (Å²) in [7, 11) is 1.53. The number of primary amides is 1. The summed E-state index contributed by atoms with van der Waals surface area (Å²) in [6.45, 7) is 0.0383. The normalized spacial score (nSPS) is 27.6. The van der Waals surface area contributed by atoms with E-state index in [9.17, 15) is 19.2 Å². The number of ether oxygens (including phenoxy) is 1. The van der Waals surface area contributed by atoms with E-state index in [0.717, 1.165) is 0 Å². The third-order valence-electron chi connectivity index (χ3n) is 6.94. The SMILES string of the molecule is COc1ccccc1CN1C(=O)[C@H]2[C@H](CCC(N)=O)N[C@]3(C(=O)Nc4ccccc43)[C@H]2C1=O. The number of carbonyl (C=O) groups excluding carboxylic acids is 4. The van der Waals surface area contributed by atoms with Crippen LogP contribution in [0.5, 0.6) is 5.75 Å². The highest BCUT2D eigenvalue weighted by Gasteiger charge is 2.70. The van der Waals surface area contributed by atoms with Crippen LogP contribution in [0.3, 0.4) is 0 Å². The Kier molecular flexibility index (Phi) is 4.93. The van der Waals surface area contributed by atoms with Gasteiger partial charge in [-0.1, -0.05) is 36.4 Å². The molecule has 3 aliphatic heterocycles. The molecule has 33 heavy (non-hydrogen) atoms. The maximum absolute atomic E-state index is 13.8. The molecule has 9 heteroatoms. The average molecular weight is 448 g/mol. The van der Waals surface area contributed by atoms with Gasteiger partial charge in [-0.25, -0.2) is 0 Å². The van der Waals surface area contributed by atoms with Crippen LogP contribution in [0.15, 0.2) is 48.5 Å². The summed E-state index contributed by atoms with van der Waals surface area (Å²) < 4.78 is 5.39. The molecule has 3 heterocycles. The van der Waals surface area contributed by atoms with Crippen molar-refractivity contribution in [1.29, 1.82) is 0 Å². The van der Waals surface area contributed by atoms with Crippen LogP contribution in [0.4, 0.5) is 5.69 Å². The molecule has 4 N–H and O–H groups in total. The third kappa shape index (κ3) is 3.03. The number of nitrogens with two attached hydrogens (primary N) is 1. The molecule has 170 valence electrons.